The van der Waals surface area contributed by atoms with Crippen molar-refractivity contribution in [1.82, 2.24) is 0 Å². The quantitative estimate of drug-likeness (QED) is 0.0596. The first-order chi connectivity index (χ1) is 28.9. The summed E-state index contributed by atoms with van der Waals surface area (Å²) in [7, 11) is 2.17. The molecule has 2 aliphatic carbocycles. The average molecular weight is 786 g/mol. The fourth-order valence-corrected chi connectivity index (χ4v) is 11.3. The lowest BCUT2D eigenvalue weighted by Crippen LogP contribution is -2.33. The molecule has 2 aliphatic rings. The monoisotopic (exact) mass is 786 g/mol. The number of nitrogens with zero attached hydrogens (tertiary/aromatic N) is 1. The van der Waals surface area contributed by atoms with E-state index in [1.807, 2.05) is 0 Å². The van der Waals surface area contributed by atoms with Crippen LogP contribution in [0.1, 0.15) is 184 Å². The zero-order valence-electron chi connectivity index (χ0n) is 37.9. The molecule has 59 heavy (non-hydrogen) atoms. The molecule has 0 atom stereocenters. The summed E-state index contributed by atoms with van der Waals surface area (Å²) in [6.45, 7) is 11.8. The second-order valence-corrected chi connectivity index (χ2v) is 18.6. The molecule has 1 nitrogen and oxygen atoms in total. The van der Waals surface area contributed by atoms with Gasteiger partial charge in [-0.15, -0.1) is 0 Å². The molecule has 312 valence electrons. The van der Waals surface area contributed by atoms with Crippen LogP contribution in [0.25, 0.3) is 33.4 Å². The third-order valence-electron chi connectivity index (χ3n) is 14.5. The van der Waals surface area contributed by atoms with Crippen LogP contribution in [0.5, 0.6) is 0 Å². The summed E-state index contributed by atoms with van der Waals surface area (Å²) < 4.78 is 0. The Balaban J connectivity index is 1.42. The third-order valence-corrected chi connectivity index (χ3v) is 14.5. The van der Waals surface area contributed by atoms with Gasteiger partial charge in [-0.1, -0.05) is 209 Å². The van der Waals surface area contributed by atoms with E-state index < -0.39 is 0 Å². The van der Waals surface area contributed by atoms with Gasteiger partial charge in [0.05, 0.1) is 0 Å². The largest absolute Gasteiger partial charge is 0.345 e. The molecule has 0 radical (unpaired) electrons. The Morgan fingerprint density at radius 3 is 1.27 bits per heavy atom. The minimum absolute atomic E-state index is 0.0101. The number of hydrogen-bond donors (Lipinski definition) is 0. The maximum Gasteiger partial charge on any atom is 0.0408 e. The van der Waals surface area contributed by atoms with Crippen molar-refractivity contribution in [1.29, 1.82) is 0 Å². The first-order valence-electron chi connectivity index (χ1n) is 24.3. The molecule has 0 aliphatic heterocycles. The molecule has 5 aromatic rings. The van der Waals surface area contributed by atoms with Crippen LogP contribution in [0.4, 0.5) is 11.4 Å². The molecule has 0 N–H and O–H groups in total. The smallest absolute Gasteiger partial charge is 0.0408 e. The summed E-state index contributed by atoms with van der Waals surface area (Å²) in [4.78, 5) is 2.29. The summed E-state index contributed by atoms with van der Waals surface area (Å²) in [5.41, 5.74) is 19.5. The highest BCUT2D eigenvalue weighted by Crippen LogP contribution is 2.64. The summed E-state index contributed by atoms with van der Waals surface area (Å²) in [5, 5.41) is 0. The first kappa shape index (κ1) is 43.0. The minimum Gasteiger partial charge on any atom is -0.345 e. The lowest BCUT2D eigenvalue weighted by molar-refractivity contribution is 0.370. The van der Waals surface area contributed by atoms with Gasteiger partial charge >= 0.3 is 0 Å². The highest BCUT2D eigenvalue weighted by molar-refractivity contribution is 5.92. The van der Waals surface area contributed by atoms with Crippen LogP contribution >= 0.6 is 0 Å². The van der Waals surface area contributed by atoms with Crippen molar-refractivity contribution in [2.24, 2.45) is 0 Å². The van der Waals surface area contributed by atoms with Crippen molar-refractivity contribution >= 4 is 11.4 Å². The van der Waals surface area contributed by atoms with E-state index >= 15 is 0 Å². The number of aryl methyl sites for hydroxylation is 1. The Morgan fingerprint density at radius 2 is 0.797 bits per heavy atom. The summed E-state index contributed by atoms with van der Waals surface area (Å²) in [5.74, 6) is 0. The summed E-state index contributed by atoms with van der Waals surface area (Å²) in [6.07, 6.45) is 26.0. The van der Waals surface area contributed by atoms with Gasteiger partial charge in [0.25, 0.3) is 0 Å². The van der Waals surface area contributed by atoms with Crippen molar-refractivity contribution in [3.05, 3.63) is 131 Å². The molecule has 1 heteroatoms. The predicted molar refractivity (Wildman–Crippen MR) is 259 cm³/mol. The van der Waals surface area contributed by atoms with E-state index in [-0.39, 0.29) is 10.8 Å². The van der Waals surface area contributed by atoms with Gasteiger partial charge in [-0.3, -0.25) is 0 Å². The van der Waals surface area contributed by atoms with Crippen LogP contribution in [-0.2, 0) is 10.8 Å². The van der Waals surface area contributed by atoms with Crippen LogP contribution in [-0.4, -0.2) is 7.05 Å². The molecule has 0 bridgehead atoms. The van der Waals surface area contributed by atoms with Crippen LogP contribution in [0.3, 0.4) is 0 Å². The van der Waals surface area contributed by atoms with Gasteiger partial charge in [0.15, 0.2) is 0 Å². The van der Waals surface area contributed by atoms with Crippen molar-refractivity contribution < 1.29 is 0 Å². The second kappa shape index (κ2) is 20.0. The number of unbranched alkanes of at least 4 members (excludes halogenated alkanes) is 12. The Hall–Kier alpha value is -4.10. The standard InChI is InChI=1S/C58H75N/c1-7-11-15-22-38-57(39-23-16-12-8-2)53-42-44(5)28-34-49(53)51-36-37-52-50-35-31-46(45-29-32-48(33-30-45)59(6)47-26-20-19-21-27-47)43-54(50)58(56(52)55(51)57,40-24-17-13-9-3)41-25-18-14-10-4/h19-21,26-37,42-43H,7-18,22-25,38-41H2,1-6H3. The van der Waals surface area contributed by atoms with Crippen molar-refractivity contribution in [2.45, 2.75) is 174 Å². The highest BCUT2D eigenvalue weighted by atomic mass is 15.1. The van der Waals surface area contributed by atoms with Gasteiger partial charge in [0.2, 0.25) is 0 Å². The lowest BCUT2D eigenvalue weighted by Gasteiger charge is -2.40. The molecule has 0 heterocycles. The lowest BCUT2D eigenvalue weighted by atomic mass is 9.62. The maximum absolute atomic E-state index is 2.67. The Labute approximate surface area is 360 Å². The molecule has 7 rings (SSSR count). The Kier molecular flexibility index (Phi) is 14.6. The van der Waals surface area contributed by atoms with E-state index in [1.165, 1.54) is 168 Å². The van der Waals surface area contributed by atoms with Crippen molar-refractivity contribution in [3.8, 4) is 33.4 Å². The molecule has 5 aromatic carbocycles. The molecule has 0 saturated heterocycles. The molecule has 0 amide bonds. The van der Waals surface area contributed by atoms with E-state index in [9.17, 15) is 0 Å². The zero-order chi connectivity index (χ0) is 41.2. The van der Waals surface area contributed by atoms with Crippen molar-refractivity contribution in [2.75, 3.05) is 11.9 Å². The van der Waals surface area contributed by atoms with E-state index in [2.05, 4.69) is 150 Å². The second-order valence-electron chi connectivity index (χ2n) is 18.6. The zero-order valence-corrected chi connectivity index (χ0v) is 37.9. The van der Waals surface area contributed by atoms with E-state index in [0.717, 1.165) is 0 Å². The third kappa shape index (κ3) is 8.74. The van der Waals surface area contributed by atoms with Gasteiger partial charge in [0.1, 0.15) is 0 Å². The average Bonchev–Trinajstić information content (AvgIpc) is 3.70. The molecule has 0 fully saturated rings. The fourth-order valence-electron chi connectivity index (χ4n) is 11.3. The molecule has 0 unspecified atom stereocenters. The summed E-state index contributed by atoms with van der Waals surface area (Å²) >= 11 is 0. The Bertz CT molecular complexity index is 2080. The number of rotatable bonds is 23. The van der Waals surface area contributed by atoms with Crippen molar-refractivity contribution in [3.63, 3.8) is 0 Å². The van der Waals surface area contributed by atoms with Gasteiger partial charge < -0.3 is 4.90 Å². The highest BCUT2D eigenvalue weighted by Gasteiger charge is 2.52. The first-order valence-corrected chi connectivity index (χ1v) is 24.3. The fraction of sp³-hybridized carbons (Fsp3) is 0.483. The van der Waals surface area contributed by atoms with Crippen LogP contribution in [0, 0.1) is 6.92 Å². The molecule has 0 spiro atoms. The number of benzene rings is 5. The molecule has 0 saturated carbocycles. The SMILES string of the molecule is CCCCCCC1(CCCCCC)c2cc(C)ccc2-c2ccc3c(c21)C(CCCCCC)(CCCCCC)c1cc(-c2ccc(N(C)c4ccccc4)cc2)ccc1-3. The molecular weight excluding hydrogens is 711 g/mol. The number of para-hydroxylation sites is 1. The van der Waals surface area contributed by atoms with E-state index in [4.69, 9.17) is 0 Å². The van der Waals surface area contributed by atoms with E-state index in [0.29, 0.717) is 0 Å². The normalized spacial score (nSPS) is 14.2. The minimum atomic E-state index is 0.0101. The number of anilines is 2. The van der Waals surface area contributed by atoms with Crippen LogP contribution in [0.2, 0.25) is 0 Å². The van der Waals surface area contributed by atoms with Gasteiger partial charge in [0, 0.05) is 29.3 Å². The Morgan fingerprint density at radius 1 is 0.390 bits per heavy atom. The molecular formula is C58H75N. The maximum atomic E-state index is 2.67. The predicted octanol–water partition coefficient (Wildman–Crippen LogP) is 17.8. The number of fused-ring (bicyclic) bond motifs is 7. The van der Waals surface area contributed by atoms with Crippen LogP contribution in [0.15, 0.2) is 103 Å². The van der Waals surface area contributed by atoms with Gasteiger partial charge in [-0.2, -0.15) is 0 Å². The van der Waals surface area contributed by atoms with Crippen LogP contribution < -0.4 is 4.90 Å². The van der Waals surface area contributed by atoms with Gasteiger partial charge in [-0.05, 0) is 119 Å². The molecule has 0 aromatic heterocycles. The number of hydrogen-bond acceptors (Lipinski definition) is 1. The van der Waals surface area contributed by atoms with E-state index in [1.54, 1.807) is 33.4 Å². The summed E-state index contributed by atoms with van der Waals surface area (Å²) in [6, 6.07) is 40.4. The van der Waals surface area contributed by atoms with Gasteiger partial charge in [-0.25, -0.2) is 0 Å². The topological polar surface area (TPSA) is 3.24 Å².